The summed E-state index contributed by atoms with van der Waals surface area (Å²) >= 11 is 0. The van der Waals surface area contributed by atoms with Crippen molar-refractivity contribution in [2.45, 2.75) is 6.92 Å². The Kier molecular flexibility index (Phi) is 3.31. The van der Waals surface area contributed by atoms with Crippen molar-refractivity contribution in [3.8, 4) is 5.75 Å². The van der Waals surface area contributed by atoms with Gasteiger partial charge < -0.3 is 9.67 Å². The number of phenols is 1. The van der Waals surface area contributed by atoms with Gasteiger partial charge in [0.1, 0.15) is 5.75 Å². The number of hydrogen-bond donors (Lipinski definition) is 2. The van der Waals surface area contributed by atoms with Gasteiger partial charge in [0.15, 0.2) is 0 Å². The Morgan fingerprint density at radius 1 is 1.24 bits per heavy atom. The molecule has 3 rings (SSSR count). The molecule has 2 aromatic carbocycles. The van der Waals surface area contributed by atoms with E-state index >= 15 is 0 Å². The highest BCUT2D eigenvalue weighted by Gasteiger charge is 2.05. The summed E-state index contributed by atoms with van der Waals surface area (Å²) in [5, 5.41) is 13.8. The Labute approximate surface area is 122 Å². The van der Waals surface area contributed by atoms with E-state index in [4.69, 9.17) is 0 Å². The first kappa shape index (κ1) is 13.2. The fourth-order valence-electron chi connectivity index (χ4n) is 2.12. The second-order valence-corrected chi connectivity index (χ2v) is 4.90. The maximum absolute atomic E-state index is 9.66. The molecular formula is C16H16N4O. The molecule has 5 nitrogen and oxygen atoms in total. The van der Waals surface area contributed by atoms with Crippen molar-refractivity contribution < 1.29 is 5.11 Å². The molecule has 3 aromatic rings. The van der Waals surface area contributed by atoms with Gasteiger partial charge in [-0.05, 0) is 36.2 Å². The molecule has 0 bridgehead atoms. The zero-order valence-electron chi connectivity index (χ0n) is 11.9. The number of aromatic hydroxyl groups is 1. The predicted molar refractivity (Wildman–Crippen MR) is 84.8 cm³/mol. The zero-order valence-corrected chi connectivity index (χ0v) is 11.9. The molecule has 0 aliphatic carbocycles. The van der Waals surface area contributed by atoms with E-state index in [1.165, 1.54) is 0 Å². The monoisotopic (exact) mass is 280 g/mol. The maximum atomic E-state index is 9.66. The van der Waals surface area contributed by atoms with Crippen molar-refractivity contribution in [3.63, 3.8) is 0 Å². The number of benzene rings is 2. The quantitative estimate of drug-likeness (QED) is 0.572. The van der Waals surface area contributed by atoms with Crippen molar-refractivity contribution >= 4 is 23.2 Å². The van der Waals surface area contributed by atoms with Crippen LogP contribution in [0.3, 0.4) is 0 Å². The van der Waals surface area contributed by atoms with Gasteiger partial charge in [0.2, 0.25) is 5.95 Å². The van der Waals surface area contributed by atoms with Gasteiger partial charge in [0.05, 0.1) is 17.2 Å². The molecule has 0 unspecified atom stereocenters. The second-order valence-electron chi connectivity index (χ2n) is 4.90. The number of nitrogens with zero attached hydrogens (tertiary/aromatic N) is 3. The molecule has 0 aliphatic heterocycles. The molecule has 0 saturated carbocycles. The SMILES string of the molecule is Cc1ccc(/C=N/Nc2nc3ccccc3n2C)cc1O. The average molecular weight is 280 g/mol. The Hall–Kier alpha value is -2.82. The van der Waals surface area contributed by atoms with Crippen LogP contribution in [-0.4, -0.2) is 20.9 Å². The Morgan fingerprint density at radius 2 is 2.05 bits per heavy atom. The first-order valence-corrected chi connectivity index (χ1v) is 6.65. The summed E-state index contributed by atoms with van der Waals surface area (Å²) in [4.78, 5) is 4.46. The minimum atomic E-state index is 0.265. The molecule has 0 amide bonds. The number of rotatable bonds is 3. The Balaban J connectivity index is 1.81. The van der Waals surface area contributed by atoms with Crippen LogP contribution in [0, 0.1) is 6.92 Å². The number of hydrogen-bond acceptors (Lipinski definition) is 4. The van der Waals surface area contributed by atoms with Crippen LogP contribution in [0.2, 0.25) is 0 Å². The first-order valence-electron chi connectivity index (χ1n) is 6.65. The molecule has 2 N–H and O–H groups in total. The lowest BCUT2D eigenvalue weighted by Crippen LogP contribution is -1.98. The lowest BCUT2D eigenvalue weighted by atomic mass is 10.1. The molecule has 21 heavy (non-hydrogen) atoms. The molecule has 0 aliphatic rings. The smallest absolute Gasteiger partial charge is 0.224 e. The molecule has 5 heteroatoms. The molecule has 0 saturated heterocycles. The number of phenolic OH excluding ortho intramolecular Hbond substituents is 1. The van der Waals surface area contributed by atoms with E-state index in [9.17, 15) is 5.11 Å². The van der Waals surface area contributed by atoms with Crippen LogP contribution in [0.15, 0.2) is 47.6 Å². The maximum Gasteiger partial charge on any atom is 0.224 e. The summed E-state index contributed by atoms with van der Waals surface area (Å²) < 4.78 is 1.94. The van der Waals surface area contributed by atoms with Crippen LogP contribution in [0.1, 0.15) is 11.1 Å². The highest BCUT2D eigenvalue weighted by Crippen LogP contribution is 2.18. The summed E-state index contributed by atoms with van der Waals surface area (Å²) in [6.45, 7) is 1.86. The summed E-state index contributed by atoms with van der Waals surface area (Å²) in [6.07, 6.45) is 1.65. The van der Waals surface area contributed by atoms with E-state index in [1.807, 2.05) is 54.9 Å². The first-order chi connectivity index (χ1) is 10.1. The Morgan fingerprint density at radius 3 is 2.81 bits per heavy atom. The van der Waals surface area contributed by atoms with E-state index in [2.05, 4.69) is 15.5 Å². The van der Waals surface area contributed by atoms with Crippen LogP contribution in [-0.2, 0) is 7.05 Å². The van der Waals surface area contributed by atoms with Gasteiger partial charge >= 0.3 is 0 Å². The third kappa shape index (κ3) is 2.58. The van der Waals surface area contributed by atoms with Crippen LogP contribution in [0.5, 0.6) is 5.75 Å². The van der Waals surface area contributed by atoms with Crippen molar-refractivity contribution in [2.75, 3.05) is 5.43 Å². The number of anilines is 1. The zero-order chi connectivity index (χ0) is 14.8. The van der Waals surface area contributed by atoms with Gasteiger partial charge in [0, 0.05) is 7.05 Å². The van der Waals surface area contributed by atoms with Crippen LogP contribution in [0.4, 0.5) is 5.95 Å². The number of aryl methyl sites for hydroxylation is 2. The van der Waals surface area contributed by atoms with E-state index in [1.54, 1.807) is 12.3 Å². The summed E-state index contributed by atoms with van der Waals surface area (Å²) in [6, 6.07) is 13.3. The largest absolute Gasteiger partial charge is 0.508 e. The lowest BCUT2D eigenvalue weighted by Gasteiger charge is -2.01. The van der Waals surface area contributed by atoms with Crippen LogP contribution < -0.4 is 5.43 Å². The third-order valence-corrected chi connectivity index (χ3v) is 3.40. The molecule has 0 radical (unpaired) electrons. The molecule has 106 valence electrons. The van der Waals surface area contributed by atoms with Crippen molar-refractivity contribution in [3.05, 3.63) is 53.6 Å². The van der Waals surface area contributed by atoms with E-state index in [0.29, 0.717) is 5.95 Å². The van der Waals surface area contributed by atoms with Crippen LogP contribution >= 0.6 is 0 Å². The van der Waals surface area contributed by atoms with Crippen molar-refractivity contribution in [2.24, 2.45) is 12.1 Å². The van der Waals surface area contributed by atoms with E-state index in [-0.39, 0.29) is 5.75 Å². The number of aromatic nitrogens is 2. The van der Waals surface area contributed by atoms with Gasteiger partial charge in [-0.3, -0.25) is 0 Å². The molecular weight excluding hydrogens is 264 g/mol. The average Bonchev–Trinajstić information content (AvgIpc) is 2.80. The minimum absolute atomic E-state index is 0.265. The standard InChI is InChI=1S/C16H16N4O/c1-11-7-8-12(9-15(11)21)10-17-19-16-18-13-5-3-4-6-14(13)20(16)2/h3-10,21H,1-2H3,(H,18,19)/b17-10+. The van der Waals surface area contributed by atoms with Crippen molar-refractivity contribution in [1.82, 2.24) is 9.55 Å². The van der Waals surface area contributed by atoms with Gasteiger partial charge in [-0.1, -0.05) is 24.3 Å². The van der Waals surface area contributed by atoms with Gasteiger partial charge in [0.25, 0.3) is 0 Å². The fourth-order valence-corrected chi connectivity index (χ4v) is 2.12. The molecule has 0 spiro atoms. The third-order valence-electron chi connectivity index (χ3n) is 3.40. The van der Waals surface area contributed by atoms with Gasteiger partial charge in [-0.2, -0.15) is 5.10 Å². The normalized spacial score (nSPS) is 11.3. The summed E-state index contributed by atoms with van der Waals surface area (Å²) in [5.41, 5.74) is 6.56. The van der Waals surface area contributed by atoms with E-state index < -0.39 is 0 Å². The number of fused-ring (bicyclic) bond motifs is 1. The lowest BCUT2D eigenvalue weighted by molar-refractivity contribution is 0.471. The minimum Gasteiger partial charge on any atom is -0.508 e. The van der Waals surface area contributed by atoms with E-state index in [0.717, 1.165) is 22.2 Å². The fraction of sp³-hybridized carbons (Fsp3) is 0.125. The summed E-state index contributed by atoms with van der Waals surface area (Å²) in [5.74, 6) is 0.936. The van der Waals surface area contributed by atoms with Gasteiger partial charge in [-0.25, -0.2) is 10.4 Å². The number of hydrazone groups is 1. The van der Waals surface area contributed by atoms with Gasteiger partial charge in [-0.15, -0.1) is 0 Å². The highest BCUT2D eigenvalue weighted by atomic mass is 16.3. The summed E-state index contributed by atoms with van der Waals surface area (Å²) in [7, 11) is 1.94. The highest BCUT2D eigenvalue weighted by molar-refractivity contribution is 5.82. The van der Waals surface area contributed by atoms with Crippen molar-refractivity contribution in [1.29, 1.82) is 0 Å². The molecule has 1 aromatic heterocycles. The number of nitrogens with one attached hydrogen (secondary N) is 1. The molecule has 1 heterocycles. The van der Waals surface area contributed by atoms with Crippen LogP contribution in [0.25, 0.3) is 11.0 Å². The predicted octanol–water partition coefficient (Wildman–Crippen LogP) is 3.03. The molecule has 0 fully saturated rings. The topological polar surface area (TPSA) is 62.4 Å². The Bertz CT molecular complexity index is 820. The second kappa shape index (κ2) is 5.28. The molecule has 0 atom stereocenters. The number of para-hydroxylation sites is 2. The number of imidazole rings is 1.